The molecule has 6 heteroatoms. The Bertz CT molecular complexity index is 194. The van der Waals surface area contributed by atoms with Crippen molar-refractivity contribution >= 4 is 6.09 Å². The van der Waals surface area contributed by atoms with Crippen molar-refractivity contribution in [3.8, 4) is 0 Å². The summed E-state index contributed by atoms with van der Waals surface area (Å²) in [6.07, 6.45) is -0.721. The lowest BCUT2D eigenvalue weighted by molar-refractivity contribution is 0.105. The smallest absolute Gasteiger partial charge is 0.408 e. The van der Waals surface area contributed by atoms with Gasteiger partial charge in [0.05, 0.1) is 11.4 Å². The normalized spacial score (nSPS) is 10.1. The van der Waals surface area contributed by atoms with Gasteiger partial charge in [0, 0.05) is 6.04 Å². The molecule has 82 valence electrons. The molecule has 0 saturated heterocycles. The summed E-state index contributed by atoms with van der Waals surface area (Å²) in [4.78, 5) is 21.3. The van der Waals surface area contributed by atoms with Crippen molar-refractivity contribution < 1.29 is 9.53 Å². The second kappa shape index (κ2) is 6.17. The fraction of sp³-hybridized carbons (Fsp3) is 0.875. The van der Waals surface area contributed by atoms with E-state index in [-0.39, 0.29) is 18.8 Å². The third-order valence-corrected chi connectivity index (χ3v) is 1.43. The first-order valence-electron chi connectivity index (χ1n) is 4.51. The van der Waals surface area contributed by atoms with E-state index in [1.807, 2.05) is 0 Å². The van der Waals surface area contributed by atoms with E-state index in [2.05, 4.69) is 10.6 Å². The van der Waals surface area contributed by atoms with Crippen molar-refractivity contribution in [2.75, 3.05) is 6.67 Å². The molecular formula is C8H17N3O3. The van der Waals surface area contributed by atoms with Crippen molar-refractivity contribution in [2.45, 2.75) is 39.8 Å². The largest absolute Gasteiger partial charge is 0.447 e. The minimum atomic E-state index is -0.547. The summed E-state index contributed by atoms with van der Waals surface area (Å²) in [5.74, 6) is 0. The Morgan fingerprint density at radius 2 is 2.00 bits per heavy atom. The highest BCUT2D eigenvalue weighted by Gasteiger charge is 2.10. The molecule has 14 heavy (non-hydrogen) atoms. The molecule has 0 aromatic carbocycles. The lowest BCUT2D eigenvalue weighted by Crippen LogP contribution is -2.38. The number of carbonyl (C=O) groups excluding carboxylic acids is 1. The van der Waals surface area contributed by atoms with Gasteiger partial charge in [-0.2, -0.15) is 0 Å². The molecule has 0 radical (unpaired) electrons. The SMILES string of the molecule is CC(C)OC(=O)NCN(N=O)C(C)C. The van der Waals surface area contributed by atoms with Gasteiger partial charge in [0.25, 0.3) is 0 Å². The first-order valence-corrected chi connectivity index (χ1v) is 4.51. The van der Waals surface area contributed by atoms with Crippen molar-refractivity contribution in [1.82, 2.24) is 10.3 Å². The van der Waals surface area contributed by atoms with Gasteiger partial charge in [-0.25, -0.2) is 9.80 Å². The number of nitrogens with one attached hydrogen (secondary N) is 1. The molecule has 0 aliphatic rings. The zero-order chi connectivity index (χ0) is 11.1. The van der Waals surface area contributed by atoms with Crippen LogP contribution in [-0.4, -0.2) is 29.9 Å². The molecule has 1 amide bonds. The summed E-state index contributed by atoms with van der Waals surface area (Å²) in [7, 11) is 0. The summed E-state index contributed by atoms with van der Waals surface area (Å²) in [6, 6.07) is -0.0492. The molecule has 0 aromatic rings. The van der Waals surface area contributed by atoms with Crippen molar-refractivity contribution in [2.24, 2.45) is 5.29 Å². The quantitative estimate of drug-likeness (QED) is 0.417. The molecule has 0 unspecified atom stereocenters. The maximum Gasteiger partial charge on any atom is 0.408 e. The Morgan fingerprint density at radius 1 is 1.43 bits per heavy atom. The Balaban J connectivity index is 3.80. The van der Waals surface area contributed by atoms with Crippen molar-refractivity contribution in [3.05, 3.63) is 4.91 Å². The van der Waals surface area contributed by atoms with E-state index in [9.17, 15) is 9.70 Å². The highest BCUT2D eigenvalue weighted by molar-refractivity contribution is 5.67. The molecule has 0 atom stereocenters. The van der Waals surface area contributed by atoms with Gasteiger partial charge in [0.1, 0.15) is 6.67 Å². The van der Waals surface area contributed by atoms with Crippen LogP contribution in [0, 0.1) is 4.91 Å². The highest BCUT2D eigenvalue weighted by atomic mass is 16.6. The molecule has 0 aliphatic carbocycles. The van der Waals surface area contributed by atoms with Gasteiger partial charge in [-0.1, -0.05) is 0 Å². The first-order chi connectivity index (χ1) is 6.47. The molecule has 0 spiro atoms. The number of hydrogen-bond donors (Lipinski definition) is 1. The van der Waals surface area contributed by atoms with Crippen LogP contribution in [0.2, 0.25) is 0 Å². The van der Waals surface area contributed by atoms with Crippen molar-refractivity contribution in [3.63, 3.8) is 0 Å². The fourth-order valence-corrected chi connectivity index (χ4v) is 0.707. The van der Waals surface area contributed by atoms with Crippen molar-refractivity contribution in [1.29, 1.82) is 0 Å². The summed E-state index contributed by atoms with van der Waals surface area (Å²) < 4.78 is 4.80. The minimum Gasteiger partial charge on any atom is -0.447 e. The van der Waals surface area contributed by atoms with E-state index in [4.69, 9.17) is 4.74 Å². The van der Waals surface area contributed by atoms with Crippen LogP contribution in [-0.2, 0) is 4.74 Å². The van der Waals surface area contributed by atoms with E-state index >= 15 is 0 Å². The number of carbonyl (C=O) groups is 1. The third kappa shape index (κ3) is 5.34. The highest BCUT2D eigenvalue weighted by Crippen LogP contribution is 1.96. The van der Waals surface area contributed by atoms with E-state index in [0.717, 1.165) is 0 Å². The fourth-order valence-electron chi connectivity index (χ4n) is 0.707. The Hall–Kier alpha value is -1.33. The summed E-state index contributed by atoms with van der Waals surface area (Å²) >= 11 is 0. The van der Waals surface area contributed by atoms with Gasteiger partial charge in [-0.3, -0.25) is 0 Å². The minimum absolute atomic E-state index is 0.0492. The molecule has 0 aliphatic heterocycles. The van der Waals surface area contributed by atoms with Crippen LogP contribution in [0.3, 0.4) is 0 Å². The Labute approximate surface area is 83.5 Å². The van der Waals surface area contributed by atoms with Gasteiger partial charge in [-0.05, 0) is 27.7 Å². The van der Waals surface area contributed by atoms with Gasteiger partial charge < -0.3 is 10.1 Å². The zero-order valence-corrected chi connectivity index (χ0v) is 8.98. The zero-order valence-electron chi connectivity index (χ0n) is 8.98. The average Bonchev–Trinajstić information content (AvgIpc) is 2.03. The number of rotatable bonds is 5. The van der Waals surface area contributed by atoms with Gasteiger partial charge in [0.15, 0.2) is 0 Å². The van der Waals surface area contributed by atoms with Gasteiger partial charge in [-0.15, -0.1) is 4.91 Å². The lowest BCUT2D eigenvalue weighted by Gasteiger charge is -2.19. The summed E-state index contributed by atoms with van der Waals surface area (Å²) in [6.45, 7) is 7.16. The first kappa shape index (κ1) is 12.7. The number of hydrogen-bond acceptors (Lipinski definition) is 4. The van der Waals surface area contributed by atoms with Gasteiger partial charge in [0.2, 0.25) is 0 Å². The standard InChI is InChI=1S/C8H17N3O3/c1-6(2)11(10-13)5-9-8(12)14-7(3)4/h6-7H,5H2,1-4H3,(H,9,12). The van der Waals surface area contributed by atoms with Crippen LogP contribution in [0.5, 0.6) is 0 Å². The second-order valence-corrected chi connectivity index (χ2v) is 3.40. The molecule has 1 N–H and O–H groups in total. The Morgan fingerprint density at radius 3 is 2.36 bits per heavy atom. The summed E-state index contributed by atoms with van der Waals surface area (Å²) in [5, 5.41) is 6.38. The molecule has 0 saturated carbocycles. The molecule has 0 rings (SSSR count). The van der Waals surface area contributed by atoms with E-state index in [0.29, 0.717) is 0 Å². The van der Waals surface area contributed by atoms with E-state index < -0.39 is 6.09 Å². The second-order valence-electron chi connectivity index (χ2n) is 3.40. The molecule has 0 aromatic heterocycles. The summed E-state index contributed by atoms with van der Waals surface area (Å²) in [5.41, 5.74) is 0. The van der Waals surface area contributed by atoms with Crippen LogP contribution in [0.1, 0.15) is 27.7 Å². The predicted octanol–water partition coefficient (Wildman–Crippen LogP) is 1.47. The van der Waals surface area contributed by atoms with E-state index in [1.54, 1.807) is 27.7 Å². The maximum atomic E-state index is 11.0. The monoisotopic (exact) mass is 203 g/mol. The average molecular weight is 203 g/mol. The number of nitroso groups, excluding NO2 is 1. The third-order valence-electron chi connectivity index (χ3n) is 1.43. The number of alkyl carbamates (subject to hydrolysis) is 1. The van der Waals surface area contributed by atoms with Crippen LogP contribution in [0.15, 0.2) is 5.29 Å². The van der Waals surface area contributed by atoms with Crippen LogP contribution in [0.25, 0.3) is 0 Å². The molecule has 0 heterocycles. The lowest BCUT2D eigenvalue weighted by atomic mass is 10.4. The molecule has 6 nitrogen and oxygen atoms in total. The maximum absolute atomic E-state index is 11.0. The number of amides is 1. The Kier molecular flexibility index (Phi) is 5.59. The number of ether oxygens (including phenoxy) is 1. The van der Waals surface area contributed by atoms with E-state index in [1.165, 1.54) is 5.01 Å². The van der Waals surface area contributed by atoms with Crippen LogP contribution >= 0.6 is 0 Å². The topological polar surface area (TPSA) is 71.0 Å². The van der Waals surface area contributed by atoms with Gasteiger partial charge >= 0.3 is 6.09 Å². The van der Waals surface area contributed by atoms with Crippen LogP contribution < -0.4 is 5.32 Å². The molecule has 0 fully saturated rings. The number of nitrogens with zero attached hydrogens (tertiary/aromatic N) is 2. The molecular weight excluding hydrogens is 186 g/mol. The predicted molar refractivity (Wildman–Crippen MR) is 52.4 cm³/mol. The molecule has 0 bridgehead atoms. The van der Waals surface area contributed by atoms with Crippen LogP contribution in [0.4, 0.5) is 4.79 Å².